The number of aromatic nitrogens is 6. The summed E-state index contributed by atoms with van der Waals surface area (Å²) in [6, 6.07) is 7.10. The third kappa shape index (κ3) is 4.25. The fourth-order valence-electron chi connectivity index (χ4n) is 4.85. The molecule has 1 aliphatic heterocycles. The molecule has 1 saturated carbocycles. The van der Waals surface area contributed by atoms with Gasteiger partial charge in [0.05, 0.1) is 16.7 Å². The summed E-state index contributed by atoms with van der Waals surface area (Å²) in [5.74, 6) is 1.10. The molecule has 1 atom stereocenters. The van der Waals surface area contributed by atoms with E-state index in [9.17, 15) is 9.90 Å². The first kappa shape index (κ1) is 23.0. The maximum absolute atomic E-state index is 11.3. The summed E-state index contributed by atoms with van der Waals surface area (Å²) in [5, 5.41) is 16.6. The Morgan fingerprint density at radius 3 is 2.51 bits per heavy atom. The smallest absolute Gasteiger partial charge is 0.322 e. The van der Waals surface area contributed by atoms with E-state index in [1.807, 2.05) is 35.4 Å². The van der Waals surface area contributed by atoms with Gasteiger partial charge in [0, 0.05) is 50.0 Å². The van der Waals surface area contributed by atoms with Gasteiger partial charge in [-0.15, -0.1) is 0 Å². The first-order valence-corrected chi connectivity index (χ1v) is 12.1. The van der Waals surface area contributed by atoms with Crippen LogP contribution in [0.1, 0.15) is 30.7 Å². The van der Waals surface area contributed by atoms with Gasteiger partial charge < -0.3 is 25.6 Å². The van der Waals surface area contributed by atoms with Crippen LogP contribution in [0.25, 0.3) is 22.7 Å². The molecule has 6 rings (SSSR count). The van der Waals surface area contributed by atoms with Crippen LogP contribution in [-0.2, 0) is 10.2 Å². The molecule has 0 amide bonds. The summed E-state index contributed by atoms with van der Waals surface area (Å²) in [6.45, 7) is 1.62. The molecule has 0 bridgehead atoms. The van der Waals surface area contributed by atoms with Crippen molar-refractivity contribution >= 4 is 17.7 Å². The van der Waals surface area contributed by atoms with E-state index in [4.69, 9.17) is 15.2 Å². The van der Waals surface area contributed by atoms with Crippen LogP contribution in [0.5, 0.6) is 0 Å². The lowest BCUT2D eigenvalue weighted by molar-refractivity contribution is -0.139. The molecule has 4 aromatic rings. The number of nitrogens with zero attached hydrogens (tertiary/aromatic N) is 7. The molecule has 0 radical (unpaired) electrons. The molecule has 188 valence electrons. The Morgan fingerprint density at radius 2 is 1.86 bits per heavy atom. The van der Waals surface area contributed by atoms with Gasteiger partial charge in [0.1, 0.15) is 11.9 Å². The Kier molecular flexibility index (Phi) is 5.72. The minimum atomic E-state index is -0.867. The van der Waals surface area contributed by atoms with Crippen LogP contribution in [0.3, 0.4) is 0 Å². The van der Waals surface area contributed by atoms with E-state index in [2.05, 4.69) is 30.4 Å². The maximum atomic E-state index is 11.3. The zero-order valence-corrected chi connectivity index (χ0v) is 19.9. The number of pyridine rings is 2. The predicted molar refractivity (Wildman–Crippen MR) is 133 cm³/mol. The standard InChI is InChI=1S/C25H25N9O3/c26-24-30-11-16(12-31-24)18-4-3-17(13-28-18)25(6-1-7-25)23-32-21(37-33-23)15-2-5-20(29-10-15)34-9-8-27-19(14-34)22(35)36/h2-5,10-13,19,27H,1,6-9,14H2,(H,35,36)(H2,26,30,31)/t19-/m1/s1. The summed E-state index contributed by atoms with van der Waals surface area (Å²) < 4.78 is 5.64. The number of nitrogen functional groups attached to an aromatic ring is 1. The number of anilines is 2. The molecule has 5 heterocycles. The summed E-state index contributed by atoms with van der Waals surface area (Å²) in [7, 11) is 0. The van der Waals surface area contributed by atoms with Gasteiger partial charge in [0.15, 0.2) is 5.82 Å². The van der Waals surface area contributed by atoms with Gasteiger partial charge in [-0.3, -0.25) is 9.78 Å². The Labute approximate surface area is 212 Å². The summed E-state index contributed by atoms with van der Waals surface area (Å²) in [5.41, 5.74) is 8.54. The largest absolute Gasteiger partial charge is 0.480 e. The third-order valence-electron chi connectivity index (χ3n) is 7.14. The maximum Gasteiger partial charge on any atom is 0.322 e. The van der Waals surface area contributed by atoms with Crippen LogP contribution >= 0.6 is 0 Å². The van der Waals surface area contributed by atoms with Gasteiger partial charge in [0.2, 0.25) is 5.95 Å². The van der Waals surface area contributed by atoms with Crippen LogP contribution in [0.15, 0.2) is 53.6 Å². The van der Waals surface area contributed by atoms with Crippen molar-refractivity contribution in [2.45, 2.75) is 30.7 Å². The Hall–Kier alpha value is -4.45. The van der Waals surface area contributed by atoms with Crippen LogP contribution < -0.4 is 16.0 Å². The van der Waals surface area contributed by atoms with Crippen molar-refractivity contribution in [3.05, 3.63) is 60.4 Å². The molecular formula is C25H25N9O3. The molecule has 1 aliphatic carbocycles. The van der Waals surface area contributed by atoms with E-state index in [1.165, 1.54) is 0 Å². The highest BCUT2D eigenvalue weighted by molar-refractivity contribution is 5.74. The van der Waals surface area contributed by atoms with E-state index < -0.39 is 12.0 Å². The van der Waals surface area contributed by atoms with Crippen molar-refractivity contribution in [2.24, 2.45) is 0 Å². The molecule has 0 spiro atoms. The fourth-order valence-corrected chi connectivity index (χ4v) is 4.85. The first-order valence-electron chi connectivity index (χ1n) is 12.1. The lowest BCUT2D eigenvalue weighted by Gasteiger charge is -2.39. The number of hydrogen-bond donors (Lipinski definition) is 3. The Bertz CT molecular complexity index is 1400. The molecular weight excluding hydrogens is 474 g/mol. The molecule has 37 heavy (non-hydrogen) atoms. The van der Waals surface area contributed by atoms with Crippen molar-refractivity contribution in [2.75, 3.05) is 30.3 Å². The van der Waals surface area contributed by atoms with Crippen LogP contribution in [0, 0.1) is 0 Å². The van der Waals surface area contributed by atoms with Crippen LogP contribution in [0.2, 0.25) is 0 Å². The Morgan fingerprint density at radius 1 is 1.05 bits per heavy atom. The zero-order chi connectivity index (χ0) is 25.4. The topological polar surface area (TPSA) is 169 Å². The number of rotatable bonds is 6. The van der Waals surface area contributed by atoms with Gasteiger partial charge >= 0.3 is 5.97 Å². The molecule has 2 aliphatic rings. The van der Waals surface area contributed by atoms with E-state index in [0.29, 0.717) is 42.7 Å². The lowest BCUT2D eigenvalue weighted by atomic mass is 9.64. The quantitative estimate of drug-likeness (QED) is 0.353. The molecule has 12 heteroatoms. The van der Waals surface area contributed by atoms with Gasteiger partial charge in [-0.05, 0) is 36.6 Å². The molecule has 12 nitrogen and oxygen atoms in total. The third-order valence-corrected chi connectivity index (χ3v) is 7.14. The molecule has 2 fully saturated rings. The average Bonchev–Trinajstić information content (AvgIpc) is 3.39. The second-order valence-corrected chi connectivity index (χ2v) is 9.32. The van der Waals surface area contributed by atoms with Crippen molar-refractivity contribution in [1.82, 2.24) is 35.4 Å². The fraction of sp³-hybridized carbons (Fsp3) is 0.320. The lowest BCUT2D eigenvalue weighted by Crippen LogP contribution is -2.54. The van der Waals surface area contributed by atoms with E-state index in [-0.39, 0.29) is 11.4 Å². The van der Waals surface area contributed by atoms with Gasteiger partial charge in [-0.1, -0.05) is 17.6 Å². The van der Waals surface area contributed by atoms with Gasteiger partial charge in [-0.2, -0.15) is 4.98 Å². The van der Waals surface area contributed by atoms with Crippen LogP contribution in [0.4, 0.5) is 11.8 Å². The summed E-state index contributed by atoms with van der Waals surface area (Å²) in [4.78, 5) is 35.2. The van der Waals surface area contributed by atoms with Gasteiger partial charge in [0.25, 0.3) is 5.89 Å². The van der Waals surface area contributed by atoms with Gasteiger partial charge in [-0.25, -0.2) is 15.0 Å². The molecule has 4 N–H and O–H groups in total. The zero-order valence-electron chi connectivity index (χ0n) is 19.9. The number of carboxylic acids is 1. The number of hydrogen-bond acceptors (Lipinski definition) is 11. The number of piperazine rings is 1. The number of carboxylic acid groups (broad SMARTS) is 1. The average molecular weight is 500 g/mol. The monoisotopic (exact) mass is 499 g/mol. The minimum absolute atomic E-state index is 0.224. The summed E-state index contributed by atoms with van der Waals surface area (Å²) >= 11 is 0. The van der Waals surface area contributed by atoms with Crippen molar-refractivity contribution in [1.29, 1.82) is 0 Å². The predicted octanol–water partition coefficient (Wildman–Crippen LogP) is 1.90. The molecule has 4 aromatic heterocycles. The SMILES string of the molecule is Nc1ncc(-c2ccc(C3(c4noc(-c5ccc(N6CCN[C@@H](C(=O)O)C6)nc5)n4)CCC3)cn2)cn1. The number of nitrogens with two attached hydrogens (primary N) is 1. The van der Waals surface area contributed by atoms with Crippen LogP contribution in [-0.4, -0.2) is 66.8 Å². The highest BCUT2D eigenvalue weighted by atomic mass is 16.5. The van der Waals surface area contributed by atoms with E-state index in [0.717, 1.165) is 36.1 Å². The van der Waals surface area contributed by atoms with Crippen molar-refractivity contribution in [3.8, 4) is 22.7 Å². The first-order chi connectivity index (χ1) is 18.0. The normalized spacial score (nSPS) is 18.8. The highest BCUT2D eigenvalue weighted by Crippen LogP contribution is 2.48. The number of aliphatic carboxylic acids is 1. The van der Waals surface area contributed by atoms with Crippen molar-refractivity contribution in [3.63, 3.8) is 0 Å². The molecule has 0 unspecified atom stereocenters. The Balaban J connectivity index is 1.21. The second kappa shape index (κ2) is 9.21. The van der Waals surface area contributed by atoms with Crippen molar-refractivity contribution < 1.29 is 14.4 Å². The summed E-state index contributed by atoms with van der Waals surface area (Å²) in [6.07, 6.45) is 9.72. The second-order valence-electron chi connectivity index (χ2n) is 9.32. The minimum Gasteiger partial charge on any atom is -0.480 e. The van der Waals surface area contributed by atoms with E-state index >= 15 is 0 Å². The molecule has 1 saturated heterocycles. The van der Waals surface area contributed by atoms with E-state index in [1.54, 1.807) is 18.6 Å². The highest BCUT2D eigenvalue weighted by Gasteiger charge is 2.45. The molecule has 0 aromatic carbocycles. The number of carbonyl (C=O) groups is 1. The number of nitrogens with one attached hydrogen (secondary N) is 1.